The lowest BCUT2D eigenvalue weighted by Gasteiger charge is -2.23. The van der Waals surface area contributed by atoms with Gasteiger partial charge in [-0.25, -0.2) is 4.98 Å². The van der Waals surface area contributed by atoms with Crippen LogP contribution in [0, 0.1) is 0 Å². The zero-order valence-electron chi connectivity index (χ0n) is 26.4. The fourth-order valence-corrected chi connectivity index (χ4v) is 4.04. The lowest BCUT2D eigenvalue weighted by atomic mass is 10.2. The van der Waals surface area contributed by atoms with E-state index in [0.29, 0.717) is 32.8 Å². The summed E-state index contributed by atoms with van der Waals surface area (Å²) in [6.07, 6.45) is 18.4. The van der Waals surface area contributed by atoms with E-state index in [1.54, 1.807) is 24.2 Å². The van der Waals surface area contributed by atoms with Gasteiger partial charge in [0, 0.05) is 42.6 Å². The molecule has 1 saturated heterocycles. The highest BCUT2D eigenvalue weighted by Crippen LogP contribution is 2.23. The fourth-order valence-electron chi connectivity index (χ4n) is 3.44. The fraction of sp³-hybridized carbons (Fsp3) is 0.469. The van der Waals surface area contributed by atoms with Crippen LogP contribution in [-0.4, -0.2) is 59.0 Å². The van der Waals surface area contributed by atoms with Gasteiger partial charge in [0.25, 0.3) is 0 Å². The monoisotopic (exact) mass is 584 g/mol. The van der Waals surface area contributed by atoms with Crippen LogP contribution < -0.4 is 16.0 Å². The second-order valence-electron chi connectivity index (χ2n) is 8.56. The number of nitrogens with zero attached hydrogens (tertiary/aromatic N) is 3. The number of hydrogen-bond acceptors (Lipinski definition) is 7. The minimum atomic E-state index is -0.271. The molecule has 8 nitrogen and oxygen atoms in total. The number of allylic oxidation sites excluding steroid dienone is 3. The van der Waals surface area contributed by atoms with E-state index in [1.807, 2.05) is 82.1 Å². The number of hydrogen-bond donors (Lipinski definition) is 3. The number of imidazole rings is 1. The number of ether oxygens (including phenoxy) is 1. The molecule has 3 rings (SSSR count). The molecule has 9 heteroatoms. The second-order valence-corrected chi connectivity index (χ2v) is 9.41. The first-order valence-electron chi connectivity index (χ1n) is 14.4. The summed E-state index contributed by atoms with van der Waals surface area (Å²) in [5, 5.41) is 9.26. The first-order valence-corrected chi connectivity index (χ1v) is 15.6. The number of morpholine rings is 1. The Morgan fingerprint density at radius 1 is 1.27 bits per heavy atom. The quantitative estimate of drug-likeness (QED) is 0.299. The predicted molar refractivity (Wildman–Crippen MR) is 178 cm³/mol. The zero-order valence-corrected chi connectivity index (χ0v) is 27.2. The third kappa shape index (κ3) is 15.4. The average Bonchev–Trinajstić information content (AvgIpc) is 3.40. The number of rotatable bonds is 10. The SMILES string of the molecule is C/C=C(\SC)c1ccncc1.C=Cc1ncn(CCNC(=O)C2COCCN2)c1/C=C(\C)NC=CC.CC.CCC. The van der Waals surface area contributed by atoms with Gasteiger partial charge in [0.15, 0.2) is 0 Å². The van der Waals surface area contributed by atoms with E-state index in [2.05, 4.69) is 58.7 Å². The molecule has 3 heterocycles. The molecular formula is C32H52N6O2S. The molecule has 1 fully saturated rings. The van der Waals surface area contributed by atoms with Crippen molar-refractivity contribution in [2.24, 2.45) is 0 Å². The number of pyridine rings is 1. The van der Waals surface area contributed by atoms with Crippen molar-refractivity contribution >= 4 is 34.7 Å². The van der Waals surface area contributed by atoms with Crippen molar-refractivity contribution in [2.45, 2.75) is 67.5 Å². The van der Waals surface area contributed by atoms with E-state index in [9.17, 15) is 4.79 Å². The molecule has 1 aliphatic rings. The lowest BCUT2D eigenvalue weighted by Crippen LogP contribution is -2.51. The number of carbonyl (C=O) groups excluding carboxylic acids is 1. The maximum atomic E-state index is 12.1. The summed E-state index contributed by atoms with van der Waals surface area (Å²) in [6.45, 7) is 21.0. The first kappa shape index (κ1) is 37.9. The Hall–Kier alpha value is -3.14. The van der Waals surface area contributed by atoms with E-state index < -0.39 is 0 Å². The minimum absolute atomic E-state index is 0.0354. The van der Waals surface area contributed by atoms with Gasteiger partial charge < -0.3 is 25.3 Å². The van der Waals surface area contributed by atoms with Crippen LogP contribution in [0.5, 0.6) is 0 Å². The molecule has 41 heavy (non-hydrogen) atoms. The normalized spacial score (nSPS) is 14.9. The summed E-state index contributed by atoms with van der Waals surface area (Å²) >= 11 is 1.76. The van der Waals surface area contributed by atoms with Crippen molar-refractivity contribution in [3.05, 3.63) is 78.4 Å². The summed E-state index contributed by atoms with van der Waals surface area (Å²) in [5.41, 5.74) is 4.01. The van der Waals surface area contributed by atoms with Crippen molar-refractivity contribution in [3.8, 4) is 0 Å². The Labute approximate surface area is 252 Å². The minimum Gasteiger partial charge on any atom is -0.378 e. The molecule has 1 unspecified atom stereocenters. The molecule has 1 amide bonds. The highest BCUT2D eigenvalue weighted by Gasteiger charge is 2.20. The van der Waals surface area contributed by atoms with Gasteiger partial charge in [-0.2, -0.15) is 0 Å². The molecule has 0 radical (unpaired) electrons. The van der Waals surface area contributed by atoms with E-state index >= 15 is 0 Å². The van der Waals surface area contributed by atoms with E-state index in [4.69, 9.17) is 4.74 Å². The van der Waals surface area contributed by atoms with Gasteiger partial charge in [0.1, 0.15) is 6.04 Å². The molecule has 3 N–H and O–H groups in total. The Balaban J connectivity index is 0.000000828. The van der Waals surface area contributed by atoms with Gasteiger partial charge in [-0.15, -0.1) is 11.8 Å². The molecule has 0 saturated carbocycles. The van der Waals surface area contributed by atoms with Crippen molar-refractivity contribution in [1.82, 2.24) is 30.5 Å². The summed E-state index contributed by atoms with van der Waals surface area (Å²) in [7, 11) is 0. The number of carbonyl (C=O) groups is 1. The number of nitrogens with one attached hydrogen (secondary N) is 3. The van der Waals surface area contributed by atoms with Gasteiger partial charge in [0.2, 0.25) is 5.91 Å². The van der Waals surface area contributed by atoms with E-state index in [0.717, 1.165) is 17.1 Å². The molecule has 2 aromatic heterocycles. The maximum Gasteiger partial charge on any atom is 0.239 e. The van der Waals surface area contributed by atoms with E-state index in [-0.39, 0.29) is 11.9 Å². The topological polar surface area (TPSA) is 93.1 Å². The van der Waals surface area contributed by atoms with Crippen LogP contribution in [0.4, 0.5) is 0 Å². The molecule has 1 atom stereocenters. The molecule has 0 aromatic carbocycles. The Kier molecular flexibility index (Phi) is 22.8. The molecule has 2 aromatic rings. The Morgan fingerprint density at radius 3 is 2.49 bits per heavy atom. The largest absolute Gasteiger partial charge is 0.378 e. The van der Waals surface area contributed by atoms with Crippen LogP contribution in [0.3, 0.4) is 0 Å². The van der Waals surface area contributed by atoms with Crippen LogP contribution in [0.2, 0.25) is 0 Å². The van der Waals surface area contributed by atoms with Crippen LogP contribution in [0.15, 0.2) is 61.5 Å². The van der Waals surface area contributed by atoms with Gasteiger partial charge in [0.05, 0.1) is 30.9 Å². The van der Waals surface area contributed by atoms with E-state index in [1.165, 1.54) is 16.9 Å². The third-order valence-corrected chi connectivity index (χ3v) is 6.18. The van der Waals surface area contributed by atoms with Crippen molar-refractivity contribution in [1.29, 1.82) is 0 Å². The summed E-state index contributed by atoms with van der Waals surface area (Å²) in [5.74, 6) is -0.0354. The molecule has 1 aliphatic heterocycles. The van der Waals surface area contributed by atoms with Crippen molar-refractivity contribution in [2.75, 3.05) is 32.6 Å². The summed E-state index contributed by atoms with van der Waals surface area (Å²) in [4.78, 5) is 21.7. The number of thioether (sulfide) groups is 1. The zero-order chi connectivity index (χ0) is 30.9. The highest BCUT2D eigenvalue weighted by atomic mass is 32.2. The van der Waals surface area contributed by atoms with Crippen molar-refractivity contribution in [3.63, 3.8) is 0 Å². The van der Waals surface area contributed by atoms with Gasteiger partial charge in [-0.1, -0.05) is 52.8 Å². The van der Waals surface area contributed by atoms with Crippen LogP contribution >= 0.6 is 11.8 Å². The number of amides is 1. The summed E-state index contributed by atoms with van der Waals surface area (Å²) < 4.78 is 7.31. The predicted octanol–water partition coefficient (Wildman–Crippen LogP) is 6.36. The Morgan fingerprint density at radius 2 is 1.95 bits per heavy atom. The lowest BCUT2D eigenvalue weighted by molar-refractivity contribution is -0.125. The number of aromatic nitrogens is 3. The molecular weight excluding hydrogens is 532 g/mol. The third-order valence-electron chi connectivity index (χ3n) is 5.27. The molecule has 228 valence electrons. The van der Waals surface area contributed by atoms with Gasteiger partial charge in [-0.3, -0.25) is 9.78 Å². The second kappa shape index (κ2) is 24.6. The molecule has 0 bridgehead atoms. The standard InChI is InChI=1S/C18H27N5O2.C9H11NS.C3H8.C2H6/c1-4-6-19-14(3)11-17-15(5-2)22-13-23(17)9-7-21-18(24)16-12-25-10-8-20-16;1-3-9(11-2)8-4-6-10-7-5-8;1-3-2;1-2/h4-6,11,13,16,19-20H,2,7-10,12H2,1,3H3,(H,21,24);3-7H,1-2H3;3H2,1-2H3;1-2H3/b6-4?,14-11+;9-3-;;. The van der Waals surface area contributed by atoms with Gasteiger partial charge >= 0.3 is 0 Å². The first-order chi connectivity index (χ1) is 19.9. The highest BCUT2D eigenvalue weighted by molar-refractivity contribution is 8.07. The van der Waals surface area contributed by atoms with Crippen LogP contribution in [0.1, 0.15) is 71.8 Å². The van der Waals surface area contributed by atoms with Crippen LogP contribution in [-0.2, 0) is 16.1 Å². The maximum absolute atomic E-state index is 12.1. The Bertz CT molecular complexity index is 1060. The average molecular weight is 585 g/mol. The summed E-state index contributed by atoms with van der Waals surface area (Å²) in [6, 6.07) is 3.77. The van der Waals surface area contributed by atoms with Crippen LogP contribution in [0.25, 0.3) is 17.1 Å². The molecule has 0 spiro atoms. The molecule has 0 aliphatic carbocycles. The van der Waals surface area contributed by atoms with Gasteiger partial charge in [-0.05, 0) is 63.1 Å². The van der Waals surface area contributed by atoms with Crippen molar-refractivity contribution < 1.29 is 9.53 Å². The smallest absolute Gasteiger partial charge is 0.239 e.